The first-order valence-corrected chi connectivity index (χ1v) is 8.48. The van der Waals surface area contributed by atoms with Crippen molar-refractivity contribution in [3.63, 3.8) is 0 Å². The fourth-order valence-corrected chi connectivity index (χ4v) is 2.99. The standard InChI is InChI=1S/C19H19F2N3O3/c1-22-17(26)15-7-13(16(25)23-14-8-19(20,21)9-14)11-24(18(15)27)10-12-5-3-2-4-6-12/h2-7,11,14H,8-10H2,1H3,(H,22,26)(H,23,25). The van der Waals surface area contributed by atoms with E-state index in [2.05, 4.69) is 10.6 Å². The lowest BCUT2D eigenvalue weighted by Gasteiger charge is -2.35. The number of aromatic nitrogens is 1. The highest BCUT2D eigenvalue weighted by Gasteiger charge is 2.46. The van der Waals surface area contributed by atoms with Crippen LogP contribution < -0.4 is 16.2 Å². The molecule has 1 aromatic heterocycles. The van der Waals surface area contributed by atoms with Crippen LogP contribution in [-0.4, -0.2) is 35.4 Å². The van der Waals surface area contributed by atoms with Crippen molar-refractivity contribution in [2.75, 3.05) is 7.05 Å². The number of rotatable bonds is 5. The zero-order chi connectivity index (χ0) is 19.6. The zero-order valence-electron chi connectivity index (χ0n) is 14.7. The van der Waals surface area contributed by atoms with E-state index in [-0.39, 0.29) is 17.7 Å². The number of alkyl halides is 2. The largest absolute Gasteiger partial charge is 0.355 e. The zero-order valence-corrected chi connectivity index (χ0v) is 14.7. The molecule has 0 spiro atoms. The molecule has 1 heterocycles. The summed E-state index contributed by atoms with van der Waals surface area (Å²) in [6, 6.07) is 9.66. The summed E-state index contributed by atoms with van der Waals surface area (Å²) in [7, 11) is 1.38. The molecule has 142 valence electrons. The molecule has 0 radical (unpaired) electrons. The topological polar surface area (TPSA) is 80.2 Å². The van der Waals surface area contributed by atoms with Crippen LogP contribution in [0, 0.1) is 0 Å². The number of hydrogen-bond acceptors (Lipinski definition) is 3. The van der Waals surface area contributed by atoms with Crippen molar-refractivity contribution in [3.8, 4) is 0 Å². The molecule has 0 atom stereocenters. The second-order valence-electron chi connectivity index (χ2n) is 6.57. The van der Waals surface area contributed by atoms with Crippen molar-refractivity contribution in [2.45, 2.75) is 31.4 Å². The number of carbonyl (C=O) groups is 2. The van der Waals surface area contributed by atoms with Crippen molar-refractivity contribution in [3.05, 3.63) is 69.6 Å². The molecule has 0 bridgehead atoms. The van der Waals surface area contributed by atoms with E-state index < -0.39 is 42.2 Å². The highest BCUT2D eigenvalue weighted by Crippen LogP contribution is 2.37. The molecule has 6 nitrogen and oxygen atoms in total. The van der Waals surface area contributed by atoms with Crippen molar-refractivity contribution in [1.82, 2.24) is 15.2 Å². The van der Waals surface area contributed by atoms with Crippen molar-refractivity contribution >= 4 is 11.8 Å². The van der Waals surface area contributed by atoms with E-state index in [1.165, 1.54) is 23.9 Å². The maximum absolute atomic E-state index is 13.0. The molecule has 2 aromatic rings. The van der Waals surface area contributed by atoms with E-state index in [4.69, 9.17) is 0 Å². The van der Waals surface area contributed by atoms with Gasteiger partial charge in [-0.25, -0.2) is 8.78 Å². The number of amides is 2. The molecule has 8 heteroatoms. The third-order valence-corrected chi connectivity index (χ3v) is 4.44. The molecule has 3 rings (SSSR count). The highest BCUT2D eigenvalue weighted by molar-refractivity contribution is 5.99. The summed E-state index contributed by atoms with van der Waals surface area (Å²) < 4.78 is 27.2. The van der Waals surface area contributed by atoms with Gasteiger partial charge in [0, 0.05) is 32.1 Å². The fourth-order valence-electron chi connectivity index (χ4n) is 2.99. The third-order valence-electron chi connectivity index (χ3n) is 4.44. The lowest BCUT2D eigenvalue weighted by Crippen LogP contribution is -2.50. The molecule has 1 saturated carbocycles. The Morgan fingerprint density at radius 1 is 1.19 bits per heavy atom. The SMILES string of the molecule is CNC(=O)c1cc(C(=O)NC2CC(F)(F)C2)cn(Cc2ccccc2)c1=O. The molecule has 0 unspecified atom stereocenters. The van der Waals surface area contributed by atoms with E-state index in [0.717, 1.165) is 5.56 Å². The number of halogens is 2. The van der Waals surface area contributed by atoms with Gasteiger partial charge in [0.1, 0.15) is 5.56 Å². The minimum atomic E-state index is -2.75. The number of nitrogens with zero attached hydrogens (tertiary/aromatic N) is 1. The third kappa shape index (κ3) is 4.21. The van der Waals surface area contributed by atoms with E-state index >= 15 is 0 Å². The predicted octanol–water partition coefficient (Wildman–Crippen LogP) is 1.78. The summed E-state index contributed by atoms with van der Waals surface area (Å²) in [4.78, 5) is 37.1. The molecule has 1 aliphatic rings. The molecule has 27 heavy (non-hydrogen) atoms. The summed E-state index contributed by atoms with van der Waals surface area (Å²) >= 11 is 0. The normalized spacial score (nSPS) is 15.7. The van der Waals surface area contributed by atoms with Crippen molar-refractivity contribution in [2.24, 2.45) is 0 Å². The molecule has 1 fully saturated rings. The van der Waals surface area contributed by atoms with Crippen LogP contribution in [0.5, 0.6) is 0 Å². The monoisotopic (exact) mass is 375 g/mol. The Hall–Kier alpha value is -3.03. The van der Waals surface area contributed by atoms with Gasteiger partial charge >= 0.3 is 0 Å². The van der Waals surface area contributed by atoms with E-state index in [9.17, 15) is 23.2 Å². The van der Waals surface area contributed by atoms with E-state index in [1.807, 2.05) is 30.3 Å². The van der Waals surface area contributed by atoms with Crippen molar-refractivity contribution in [1.29, 1.82) is 0 Å². The quantitative estimate of drug-likeness (QED) is 0.836. The van der Waals surface area contributed by atoms with Gasteiger partial charge < -0.3 is 15.2 Å². The Bertz CT molecular complexity index is 918. The van der Waals surface area contributed by atoms with Crippen LogP contribution in [0.1, 0.15) is 39.1 Å². The Balaban J connectivity index is 1.91. The minimum Gasteiger partial charge on any atom is -0.355 e. The average Bonchev–Trinajstić information content (AvgIpc) is 2.62. The molecule has 1 aliphatic carbocycles. The highest BCUT2D eigenvalue weighted by atomic mass is 19.3. The van der Waals surface area contributed by atoms with Gasteiger partial charge in [0.2, 0.25) is 0 Å². The van der Waals surface area contributed by atoms with E-state index in [0.29, 0.717) is 0 Å². The summed E-state index contributed by atoms with van der Waals surface area (Å²) in [6.07, 6.45) is 0.517. The van der Waals surface area contributed by atoms with Gasteiger partial charge in [-0.05, 0) is 11.6 Å². The Kier molecular flexibility index (Phi) is 5.07. The second-order valence-corrected chi connectivity index (χ2v) is 6.57. The lowest BCUT2D eigenvalue weighted by molar-refractivity contribution is -0.0901. The Morgan fingerprint density at radius 3 is 2.44 bits per heavy atom. The number of carbonyl (C=O) groups excluding carboxylic acids is 2. The fraction of sp³-hybridized carbons (Fsp3) is 0.316. The van der Waals surface area contributed by atoms with Gasteiger partial charge in [0.05, 0.1) is 12.1 Å². The van der Waals surface area contributed by atoms with Crippen molar-refractivity contribution < 1.29 is 18.4 Å². The summed E-state index contributed by atoms with van der Waals surface area (Å²) in [6.45, 7) is 0.173. The minimum absolute atomic E-state index is 0.0688. The molecular formula is C19H19F2N3O3. The molecule has 1 aromatic carbocycles. The summed E-state index contributed by atoms with van der Waals surface area (Å²) in [5, 5.41) is 4.89. The van der Waals surface area contributed by atoms with Gasteiger partial charge in [-0.1, -0.05) is 30.3 Å². The van der Waals surface area contributed by atoms with Gasteiger partial charge in [0.15, 0.2) is 0 Å². The molecule has 0 aliphatic heterocycles. The average molecular weight is 375 g/mol. The number of nitrogens with one attached hydrogen (secondary N) is 2. The van der Waals surface area contributed by atoms with Gasteiger partial charge in [-0.15, -0.1) is 0 Å². The maximum Gasteiger partial charge on any atom is 0.263 e. The Labute approximate surface area is 154 Å². The smallest absolute Gasteiger partial charge is 0.263 e. The number of pyridine rings is 1. The Morgan fingerprint density at radius 2 is 1.85 bits per heavy atom. The lowest BCUT2D eigenvalue weighted by atomic mass is 9.88. The molecule has 2 amide bonds. The van der Waals surface area contributed by atoms with Crippen LogP contribution in [0.25, 0.3) is 0 Å². The van der Waals surface area contributed by atoms with Gasteiger partial charge in [-0.3, -0.25) is 14.4 Å². The van der Waals surface area contributed by atoms with Crippen LogP contribution in [0.2, 0.25) is 0 Å². The second kappa shape index (κ2) is 7.30. The first-order valence-electron chi connectivity index (χ1n) is 8.48. The van der Waals surface area contributed by atoms with Crippen LogP contribution in [0.4, 0.5) is 8.78 Å². The first-order chi connectivity index (χ1) is 12.8. The summed E-state index contributed by atoms with van der Waals surface area (Å²) in [5.74, 6) is -3.97. The number of hydrogen-bond donors (Lipinski definition) is 2. The first kappa shape index (κ1) is 18.8. The molecule has 2 N–H and O–H groups in total. The number of benzene rings is 1. The molecular weight excluding hydrogens is 356 g/mol. The molecule has 0 saturated heterocycles. The maximum atomic E-state index is 13.0. The van der Waals surface area contributed by atoms with Gasteiger partial charge in [-0.2, -0.15) is 0 Å². The summed E-state index contributed by atoms with van der Waals surface area (Å²) in [5.41, 5.74) is 0.169. The van der Waals surface area contributed by atoms with Crippen LogP contribution in [0.3, 0.4) is 0 Å². The van der Waals surface area contributed by atoms with Crippen LogP contribution in [-0.2, 0) is 6.54 Å². The van der Waals surface area contributed by atoms with Crippen LogP contribution in [0.15, 0.2) is 47.4 Å². The van der Waals surface area contributed by atoms with E-state index in [1.54, 1.807) is 0 Å². The van der Waals surface area contributed by atoms with Gasteiger partial charge in [0.25, 0.3) is 23.3 Å². The van der Waals surface area contributed by atoms with Crippen LogP contribution >= 0.6 is 0 Å². The predicted molar refractivity (Wildman–Crippen MR) is 95.1 cm³/mol.